The number of hydrogen-bond donors (Lipinski definition) is 0. The standard InChI is InChI=1S/C8H10N2OS/c1-10(2)12-8-6-4-3-5-7(8)9-11/h3-6H,1-2H3. The number of rotatable bonds is 3. The van der Waals surface area contributed by atoms with Crippen LogP contribution in [0.3, 0.4) is 0 Å². The summed E-state index contributed by atoms with van der Waals surface area (Å²) < 4.78 is 1.92. The molecule has 0 saturated carbocycles. The molecule has 1 aromatic carbocycles. The fourth-order valence-electron chi connectivity index (χ4n) is 0.806. The smallest absolute Gasteiger partial charge is 0.122 e. The van der Waals surface area contributed by atoms with Crippen molar-refractivity contribution >= 4 is 17.6 Å². The van der Waals surface area contributed by atoms with E-state index in [0.717, 1.165) is 4.90 Å². The van der Waals surface area contributed by atoms with Crippen LogP contribution in [0.15, 0.2) is 34.3 Å². The van der Waals surface area contributed by atoms with Crippen molar-refractivity contribution in [2.24, 2.45) is 5.18 Å². The predicted octanol–water partition coefficient (Wildman–Crippen LogP) is 2.65. The molecule has 3 nitrogen and oxygen atoms in total. The lowest BCUT2D eigenvalue weighted by Gasteiger charge is -2.08. The molecule has 0 N–H and O–H groups in total. The molecule has 0 aliphatic carbocycles. The van der Waals surface area contributed by atoms with Crippen molar-refractivity contribution in [1.29, 1.82) is 0 Å². The highest BCUT2D eigenvalue weighted by atomic mass is 32.2. The molecule has 1 aromatic rings. The minimum Gasteiger partial charge on any atom is -0.252 e. The number of benzene rings is 1. The highest BCUT2D eigenvalue weighted by molar-refractivity contribution is 7.97. The summed E-state index contributed by atoms with van der Waals surface area (Å²) in [4.78, 5) is 11.2. The minimum absolute atomic E-state index is 0.496. The van der Waals surface area contributed by atoms with Crippen molar-refractivity contribution in [1.82, 2.24) is 4.31 Å². The highest BCUT2D eigenvalue weighted by Crippen LogP contribution is 2.29. The predicted molar refractivity (Wildman–Crippen MR) is 51.4 cm³/mol. The molecule has 0 bridgehead atoms. The molecule has 0 aromatic heterocycles. The highest BCUT2D eigenvalue weighted by Gasteiger charge is 2.02. The van der Waals surface area contributed by atoms with Crippen molar-refractivity contribution in [2.45, 2.75) is 4.90 Å². The summed E-state index contributed by atoms with van der Waals surface area (Å²) in [6, 6.07) is 7.28. The van der Waals surface area contributed by atoms with Crippen LogP contribution in [0.5, 0.6) is 0 Å². The summed E-state index contributed by atoms with van der Waals surface area (Å²) in [5.41, 5.74) is 0.496. The van der Waals surface area contributed by atoms with E-state index < -0.39 is 0 Å². The molecule has 0 saturated heterocycles. The van der Waals surface area contributed by atoms with Crippen molar-refractivity contribution in [3.05, 3.63) is 29.2 Å². The summed E-state index contributed by atoms with van der Waals surface area (Å²) >= 11 is 1.49. The van der Waals surface area contributed by atoms with Gasteiger partial charge in [0, 0.05) is 0 Å². The monoisotopic (exact) mass is 182 g/mol. The van der Waals surface area contributed by atoms with E-state index in [1.165, 1.54) is 11.9 Å². The van der Waals surface area contributed by atoms with Crippen LogP contribution in [0.4, 0.5) is 5.69 Å². The summed E-state index contributed by atoms with van der Waals surface area (Å²) in [5.74, 6) is 0. The molecular weight excluding hydrogens is 172 g/mol. The third kappa shape index (κ3) is 2.32. The van der Waals surface area contributed by atoms with Gasteiger partial charge in [-0.05, 0) is 43.4 Å². The molecule has 0 aliphatic heterocycles. The molecule has 0 unspecified atom stereocenters. The van der Waals surface area contributed by atoms with Gasteiger partial charge in [0.1, 0.15) is 5.69 Å². The van der Waals surface area contributed by atoms with Gasteiger partial charge in [0.15, 0.2) is 0 Å². The van der Waals surface area contributed by atoms with Crippen molar-refractivity contribution < 1.29 is 0 Å². The van der Waals surface area contributed by atoms with Gasteiger partial charge in [-0.15, -0.1) is 4.91 Å². The summed E-state index contributed by atoms with van der Waals surface area (Å²) in [6.45, 7) is 0. The van der Waals surface area contributed by atoms with Crippen LogP contribution in [-0.4, -0.2) is 18.4 Å². The van der Waals surface area contributed by atoms with Gasteiger partial charge < -0.3 is 0 Å². The Hall–Kier alpha value is -0.870. The lowest BCUT2D eigenvalue weighted by molar-refractivity contribution is 0.703. The van der Waals surface area contributed by atoms with Crippen molar-refractivity contribution in [2.75, 3.05) is 14.1 Å². The van der Waals surface area contributed by atoms with E-state index in [1.54, 1.807) is 12.1 Å². The van der Waals surface area contributed by atoms with Crippen LogP contribution in [-0.2, 0) is 0 Å². The normalized spacial score (nSPS) is 10.2. The molecule has 1 rings (SSSR count). The average Bonchev–Trinajstić information content (AvgIpc) is 2.04. The van der Waals surface area contributed by atoms with E-state index in [4.69, 9.17) is 0 Å². The Labute approximate surface area is 75.9 Å². The lowest BCUT2D eigenvalue weighted by Crippen LogP contribution is -1.98. The largest absolute Gasteiger partial charge is 0.252 e. The lowest BCUT2D eigenvalue weighted by atomic mass is 10.3. The van der Waals surface area contributed by atoms with Gasteiger partial charge >= 0.3 is 0 Å². The van der Waals surface area contributed by atoms with E-state index in [0.29, 0.717) is 5.69 Å². The van der Waals surface area contributed by atoms with Gasteiger partial charge in [-0.2, -0.15) is 0 Å². The van der Waals surface area contributed by atoms with Gasteiger partial charge in [-0.1, -0.05) is 12.1 Å². The average molecular weight is 182 g/mol. The maximum atomic E-state index is 10.3. The fraction of sp³-hybridized carbons (Fsp3) is 0.250. The molecule has 12 heavy (non-hydrogen) atoms. The molecule has 64 valence electrons. The molecule has 0 heterocycles. The second-order valence-corrected chi connectivity index (χ2v) is 3.82. The molecule has 0 fully saturated rings. The summed E-state index contributed by atoms with van der Waals surface area (Å²) in [7, 11) is 3.85. The second kappa shape index (κ2) is 4.23. The van der Waals surface area contributed by atoms with Crippen molar-refractivity contribution in [3.8, 4) is 0 Å². The topological polar surface area (TPSA) is 32.7 Å². The van der Waals surface area contributed by atoms with Crippen LogP contribution >= 0.6 is 11.9 Å². The molecule has 0 radical (unpaired) electrons. The quantitative estimate of drug-likeness (QED) is 0.532. The Kier molecular flexibility index (Phi) is 3.25. The van der Waals surface area contributed by atoms with Crippen LogP contribution in [0.2, 0.25) is 0 Å². The Bertz CT molecular complexity index is 276. The Morgan fingerprint density at radius 2 is 2.00 bits per heavy atom. The maximum absolute atomic E-state index is 10.3. The molecule has 4 heteroatoms. The third-order valence-electron chi connectivity index (χ3n) is 1.24. The zero-order chi connectivity index (χ0) is 8.97. The first-order valence-electron chi connectivity index (χ1n) is 3.51. The number of hydrogen-bond acceptors (Lipinski definition) is 4. The first-order valence-corrected chi connectivity index (χ1v) is 4.29. The number of nitroso groups, excluding NO2 is 1. The summed E-state index contributed by atoms with van der Waals surface area (Å²) in [6.07, 6.45) is 0. The second-order valence-electron chi connectivity index (χ2n) is 2.46. The van der Waals surface area contributed by atoms with Gasteiger partial charge in [-0.25, -0.2) is 0 Å². The van der Waals surface area contributed by atoms with Gasteiger partial charge in [0.2, 0.25) is 0 Å². The van der Waals surface area contributed by atoms with Crippen LogP contribution < -0.4 is 0 Å². The fourth-order valence-corrected chi connectivity index (χ4v) is 1.54. The zero-order valence-electron chi connectivity index (χ0n) is 7.02. The SMILES string of the molecule is CN(C)Sc1ccccc1N=O. The van der Waals surface area contributed by atoms with E-state index in [9.17, 15) is 4.91 Å². The molecule has 0 spiro atoms. The minimum atomic E-state index is 0.496. The van der Waals surface area contributed by atoms with E-state index in [1.807, 2.05) is 30.5 Å². The summed E-state index contributed by atoms with van der Waals surface area (Å²) in [5, 5.41) is 2.93. The maximum Gasteiger partial charge on any atom is 0.122 e. The van der Waals surface area contributed by atoms with Crippen LogP contribution in [0, 0.1) is 4.91 Å². The van der Waals surface area contributed by atoms with Gasteiger partial charge in [-0.3, -0.25) is 4.31 Å². The first-order chi connectivity index (χ1) is 5.74. The van der Waals surface area contributed by atoms with Gasteiger partial charge in [0.05, 0.1) is 4.90 Å². The Morgan fingerprint density at radius 1 is 1.33 bits per heavy atom. The van der Waals surface area contributed by atoms with Crippen molar-refractivity contribution in [3.63, 3.8) is 0 Å². The van der Waals surface area contributed by atoms with E-state index >= 15 is 0 Å². The molecule has 0 amide bonds. The number of nitrogens with zero attached hydrogens (tertiary/aromatic N) is 2. The Morgan fingerprint density at radius 3 is 2.58 bits per heavy atom. The Balaban J connectivity index is 2.89. The van der Waals surface area contributed by atoms with Gasteiger partial charge in [0.25, 0.3) is 0 Å². The van der Waals surface area contributed by atoms with Crippen LogP contribution in [0.1, 0.15) is 0 Å². The first kappa shape index (κ1) is 9.22. The molecule has 0 atom stereocenters. The van der Waals surface area contributed by atoms with E-state index in [-0.39, 0.29) is 0 Å². The molecular formula is C8H10N2OS. The third-order valence-corrected chi connectivity index (χ3v) is 2.15. The van der Waals surface area contributed by atoms with E-state index in [2.05, 4.69) is 5.18 Å². The van der Waals surface area contributed by atoms with Crippen LogP contribution in [0.25, 0.3) is 0 Å². The molecule has 0 aliphatic rings. The zero-order valence-corrected chi connectivity index (χ0v) is 7.84.